The molecule has 4 aromatic rings. The van der Waals surface area contributed by atoms with E-state index in [1.807, 2.05) is 12.4 Å². The average Bonchev–Trinajstić information content (AvgIpc) is 3.66. The van der Waals surface area contributed by atoms with Crippen LogP contribution in [0.3, 0.4) is 0 Å². The molecule has 0 amide bonds. The van der Waals surface area contributed by atoms with E-state index in [-0.39, 0.29) is 0 Å². The van der Waals surface area contributed by atoms with Crippen molar-refractivity contribution in [1.29, 1.82) is 0 Å². The third-order valence-corrected chi connectivity index (χ3v) is 6.70. The summed E-state index contributed by atoms with van der Waals surface area (Å²) in [5.41, 5.74) is 6.88. The minimum absolute atomic E-state index is 0.363. The molecule has 0 radical (unpaired) electrons. The summed E-state index contributed by atoms with van der Waals surface area (Å²) in [7, 11) is 0. The van der Waals surface area contributed by atoms with Crippen molar-refractivity contribution in [3.05, 3.63) is 72.6 Å². The molecule has 0 saturated carbocycles. The summed E-state index contributed by atoms with van der Waals surface area (Å²) in [6, 6.07) is 18.1. The van der Waals surface area contributed by atoms with Crippen LogP contribution in [0.2, 0.25) is 0 Å². The second-order valence-electron chi connectivity index (χ2n) is 8.82. The normalized spacial score (nSPS) is 20.8. The fourth-order valence-corrected chi connectivity index (χ4v) is 4.84. The zero-order chi connectivity index (χ0) is 21.3. The van der Waals surface area contributed by atoms with Crippen LogP contribution in [-0.2, 0) is 0 Å². The third kappa shape index (κ3) is 3.76. The van der Waals surface area contributed by atoms with Gasteiger partial charge in [0.25, 0.3) is 0 Å². The first-order valence-corrected chi connectivity index (χ1v) is 11.6. The van der Waals surface area contributed by atoms with Crippen LogP contribution in [0.15, 0.2) is 60.9 Å². The molecule has 6 nitrogen and oxygen atoms in total. The van der Waals surface area contributed by atoms with E-state index in [0.717, 1.165) is 60.1 Å². The molecule has 2 aliphatic rings. The van der Waals surface area contributed by atoms with Gasteiger partial charge in [0.15, 0.2) is 0 Å². The molecule has 6 rings (SSSR count). The van der Waals surface area contributed by atoms with Gasteiger partial charge in [-0.2, -0.15) is 0 Å². The fourth-order valence-electron chi connectivity index (χ4n) is 4.84. The highest BCUT2D eigenvalue weighted by Gasteiger charge is 2.20. The van der Waals surface area contributed by atoms with E-state index in [2.05, 4.69) is 79.1 Å². The number of rotatable bonds is 5. The van der Waals surface area contributed by atoms with Crippen molar-refractivity contribution in [3.63, 3.8) is 0 Å². The van der Waals surface area contributed by atoms with Crippen molar-refractivity contribution in [3.8, 4) is 33.6 Å². The van der Waals surface area contributed by atoms with Gasteiger partial charge < -0.3 is 20.6 Å². The molecular formula is C26H28N6. The summed E-state index contributed by atoms with van der Waals surface area (Å²) < 4.78 is 0. The Kier molecular flexibility index (Phi) is 5.09. The van der Waals surface area contributed by atoms with E-state index >= 15 is 0 Å². The van der Waals surface area contributed by atoms with Crippen molar-refractivity contribution in [2.24, 2.45) is 0 Å². The third-order valence-electron chi connectivity index (χ3n) is 6.70. The van der Waals surface area contributed by atoms with Crippen molar-refractivity contribution in [2.45, 2.75) is 37.8 Å². The molecule has 2 aromatic heterocycles. The molecule has 0 spiro atoms. The number of nitrogens with one attached hydrogen (secondary N) is 4. The molecule has 0 bridgehead atoms. The number of nitrogens with zero attached hydrogens (tertiary/aromatic N) is 2. The lowest BCUT2D eigenvalue weighted by Gasteiger charge is -2.07. The first-order valence-electron chi connectivity index (χ1n) is 11.6. The molecule has 2 atom stereocenters. The number of H-pyrrole nitrogens is 2. The Bertz CT molecular complexity index is 1080. The maximum atomic E-state index is 4.59. The van der Waals surface area contributed by atoms with Gasteiger partial charge in [0.1, 0.15) is 11.6 Å². The van der Waals surface area contributed by atoms with Crippen molar-refractivity contribution in [2.75, 3.05) is 13.1 Å². The van der Waals surface area contributed by atoms with Crippen LogP contribution in [0.5, 0.6) is 0 Å². The molecule has 2 fully saturated rings. The SMILES string of the molecule is c1cc(-c2cnc([C@@H]3CCCN3)[nH]2)ccc1-c1ccc(-c2cnc([C@@H]3CCCN3)[nH]2)cc1. The molecule has 2 aromatic carbocycles. The Morgan fingerprint density at radius 1 is 0.562 bits per heavy atom. The molecule has 6 heteroatoms. The summed E-state index contributed by atoms with van der Waals surface area (Å²) >= 11 is 0. The Hall–Kier alpha value is -3.22. The predicted molar refractivity (Wildman–Crippen MR) is 127 cm³/mol. The fraction of sp³-hybridized carbons (Fsp3) is 0.308. The van der Waals surface area contributed by atoms with Crippen LogP contribution in [0, 0.1) is 0 Å². The number of imidazole rings is 2. The second-order valence-corrected chi connectivity index (χ2v) is 8.82. The van der Waals surface area contributed by atoms with Crippen LogP contribution in [-0.4, -0.2) is 33.0 Å². The van der Waals surface area contributed by atoms with Crippen LogP contribution < -0.4 is 10.6 Å². The standard InChI is InChI=1S/C26H28N6/c1-3-21(27-13-1)25-29-15-23(31-25)19-9-5-17(6-10-19)18-7-11-20(12-8-18)24-16-30-26(32-24)22-4-2-14-28-22/h5-12,15-16,21-22,27-28H,1-4,13-14H2,(H,29,31)(H,30,32)/t21-,22-/m0/s1. The maximum Gasteiger partial charge on any atom is 0.123 e. The molecule has 2 saturated heterocycles. The van der Waals surface area contributed by atoms with Crippen LogP contribution in [0.4, 0.5) is 0 Å². The number of benzene rings is 2. The van der Waals surface area contributed by atoms with E-state index in [1.54, 1.807) is 0 Å². The van der Waals surface area contributed by atoms with E-state index in [1.165, 1.54) is 24.0 Å². The molecule has 0 unspecified atom stereocenters. The lowest BCUT2D eigenvalue weighted by atomic mass is 10.0. The average molecular weight is 425 g/mol. The molecule has 4 heterocycles. The summed E-state index contributed by atoms with van der Waals surface area (Å²) in [6.07, 6.45) is 8.62. The number of hydrogen-bond donors (Lipinski definition) is 4. The molecule has 2 aliphatic heterocycles. The van der Waals surface area contributed by atoms with Gasteiger partial charge in [0, 0.05) is 0 Å². The van der Waals surface area contributed by atoms with Gasteiger partial charge in [0.2, 0.25) is 0 Å². The van der Waals surface area contributed by atoms with Gasteiger partial charge >= 0.3 is 0 Å². The van der Waals surface area contributed by atoms with Gasteiger partial charge in [-0.25, -0.2) is 9.97 Å². The molecule has 162 valence electrons. The van der Waals surface area contributed by atoms with E-state index < -0.39 is 0 Å². The van der Waals surface area contributed by atoms with Crippen molar-refractivity contribution < 1.29 is 0 Å². The van der Waals surface area contributed by atoms with Gasteiger partial charge in [-0.3, -0.25) is 0 Å². The second kappa shape index (κ2) is 8.37. The minimum Gasteiger partial charge on any atom is -0.341 e. The minimum atomic E-state index is 0.363. The van der Waals surface area contributed by atoms with Crippen LogP contribution in [0.1, 0.15) is 49.4 Å². The molecule has 4 N–H and O–H groups in total. The maximum absolute atomic E-state index is 4.59. The Morgan fingerprint density at radius 2 is 0.969 bits per heavy atom. The number of aromatic amines is 2. The zero-order valence-electron chi connectivity index (χ0n) is 18.1. The summed E-state index contributed by atoms with van der Waals surface area (Å²) in [6.45, 7) is 2.15. The Morgan fingerprint density at radius 3 is 1.34 bits per heavy atom. The smallest absolute Gasteiger partial charge is 0.123 e. The van der Waals surface area contributed by atoms with Gasteiger partial charge in [-0.05, 0) is 61.0 Å². The highest BCUT2D eigenvalue weighted by atomic mass is 15.0. The largest absolute Gasteiger partial charge is 0.341 e. The zero-order valence-corrected chi connectivity index (χ0v) is 18.1. The van der Waals surface area contributed by atoms with E-state index in [9.17, 15) is 0 Å². The first kappa shape index (κ1) is 19.5. The Labute approximate surface area is 187 Å². The van der Waals surface area contributed by atoms with Crippen molar-refractivity contribution >= 4 is 0 Å². The summed E-state index contributed by atoms with van der Waals surface area (Å²) in [4.78, 5) is 16.2. The number of aromatic nitrogens is 4. The topological polar surface area (TPSA) is 81.4 Å². The highest BCUT2D eigenvalue weighted by molar-refractivity contribution is 5.71. The monoisotopic (exact) mass is 424 g/mol. The van der Waals surface area contributed by atoms with Crippen LogP contribution >= 0.6 is 0 Å². The van der Waals surface area contributed by atoms with Gasteiger partial charge in [-0.15, -0.1) is 0 Å². The summed E-state index contributed by atoms with van der Waals surface area (Å²) in [5, 5.41) is 6.99. The molecule has 32 heavy (non-hydrogen) atoms. The molecule has 0 aliphatic carbocycles. The summed E-state index contributed by atoms with van der Waals surface area (Å²) in [5.74, 6) is 2.09. The quantitative estimate of drug-likeness (QED) is 0.364. The number of hydrogen-bond acceptors (Lipinski definition) is 4. The molecular weight excluding hydrogens is 396 g/mol. The first-order chi connectivity index (χ1) is 15.8. The lowest BCUT2D eigenvalue weighted by molar-refractivity contribution is 0.613. The lowest BCUT2D eigenvalue weighted by Crippen LogP contribution is -2.14. The van der Waals surface area contributed by atoms with Crippen molar-refractivity contribution in [1.82, 2.24) is 30.6 Å². The highest BCUT2D eigenvalue weighted by Crippen LogP contribution is 2.29. The van der Waals surface area contributed by atoms with Crippen LogP contribution in [0.25, 0.3) is 33.6 Å². The van der Waals surface area contributed by atoms with E-state index in [4.69, 9.17) is 0 Å². The Balaban J connectivity index is 1.17. The van der Waals surface area contributed by atoms with Gasteiger partial charge in [-0.1, -0.05) is 48.5 Å². The van der Waals surface area contributed by atoms with Gasteiger partial charge in [0.05, 0.1) is 35.9 Å². The predicted octanol–water partition coefficient (Wildman–Crippen LogP) is 4.98. The van der Waals surface area contributed by atoms with E-state index in [0.29, 0.717) is 12.1 Å².